The number of para-hydroxylation sites is 1. The number of aryl methyl sites for hydroxylation is 1. The van der Waals surface area contributed by atoms with Crippen molar-refractivity contribution in [1.29, 1.82) is 0 Å². The Morgan fingerprint density at radius 1 is 0.900 bits per heavy atom. The van der Waals surface area contributed by atoms with Gasteiger partial charge in [-0.3, -0.25) is 14.5 Å². The van der Waals surface area contributed by atoms with Crippen LogP contribution in [0.5, 0.6) is 0 Å². The maximum Gasteiger partial charge on any atom is 0.338 e. The third kappa shape index (κ3) is 7.33. The van der Waals surface area contributed by atoms with Crippen LogP contribution in [0.1, 0.15) is 36.2 Å². The van der Waals surface area contributed by atoms with Crippen LogP contribution >= 0.6 is 0 Å². The van der Waals surface area contributed by atoms with Crippen molar-refractivity contribution in [2.45, 2.75) is 27.2 Å². The molecule has 160 valence electrons. The molecule has 2 rings (SSSR count). The zero-order valence-electron chi connectivity index (χ0n) is 17.7. The second kappa shape index (κ2) is 11.7. The minimum atomic E-state index is -0.399. The molecule has 0 saturated carbocycles. The first-order chi connectivity index (χ1) is 14.4. The summed E-state index contributed by atoms with van der Waals surface area (Å²) in [6.07, 6.45) is 0.819. The van der Waals surface area contributed by atoms with Crippen molar-refractivity contribution in [1.82, 2.24) is 4.90 Å². The van der Waals surface area contributed by atoms with Gasteiger partial charge in [0.1, 0.15) is 0 Å². The molecule has 0 unspecified atom stereocenters. The number of ether oxygens (including phenoxy) is 1. The van der Waals surface area contributed by atoms with Crippen molar-refractivity contribution in [3.8, 4) is 0 Å². The highest BCUT2D eigenvalue weighted by Gasteiger charge is 2.15. The number of hydrogen-bond donors (Lipinski definition) is 2. The van der Waals surface area contributed by atoms with E-state index in [1.165, 1.54) is 0 Å². The van der Waals surface area contributed by atoms with Crippen LogP contribution in [0.25, 0.3) is 0 Å². The molecule has 2 N–H and O–H groups in total. The van der Waals surface area contributed by atoms with Gasteiger partial charge in [-0.05, 0) is 62.7 Å². The Morgan fingerprint density at radius 3 is 2.13 bits per heavy atom. The SMILES string of the molecule is CCCN(CC(=O)Nc1ccc(C(=O)OCC)cc1)CC(=O)Nc1ccccc1C. The van der Waals surface area contributed by atoms with E-state index >= 15 is 0 Å². The van der Waals surface area contributed by atoms with Gasteiger partial charge in [-0.2, -0.15) is 0 Å². The molecule has 0 heterocycles. The number of amides is 2. The Morgan fingerprint density at radius 2 is 1.53 bits per heavy atom. The van der Waals surface area contributed by atoms with E-state index in [0.717, 1.165) is 17.7 Å². The third-order valence-electron chi connectivity index (χ3n) is 4.37. The van der Waals surface area contributed by atoms with E-state index in [1.54, 1.807) is 36.1 Å². The Balaban J connectivity index is 1.90. The first-order valence-electron chi connectivity index (χ1n) is 10.1. The highest BCUT2D eigenvalue weighted by molar-refractivity contribution is 5.95. The van der Waals surface area contributed by atoms with Gasteiger partial charge < -0.3 is 15.4 Å². The van der Waals surface area contributed by atoms with Crippen molar-refractivity contribution in [3.05, 3.63) is 59.7 Å². The van der Waals surface area contributed by atoms with Crippen LogP contribution in [0.2, 0.25) is 0 Å². The number of benzene rings is 2. The number of hydrogen-bond acceptors (Lipinski definition) is 5. The van der Waals surface area contributed by atoms with Crippen LogP contribution in [-0.4, -0.2) is 48.9 Å². The Labute approximate surface area is 177 Å². The van der Waals surface area contributed by atoms with Crippen molar-refractivity contribution in [2.24, 2.45) is 0 Å². The van der Waals surface area contributed by atoms with E-state index in [9.17, 15) is 14.4 Å². The molecular formula is C23H29N3O4. The summed E-state index contributed by atoms with van der Waals surface area (Å²) < 4.78 is 4.94. The number of nitrogens with zero attached hydrogens (tertiary/aromatic N) is 1. The molecule has 0 aromatic heterocycles. The highest BCUT2D eigenvalue weighted by atomic mass is 16.5. The molecule has 0 bridgehead atoms. The highest BCUT2D eigenvalue weighted by Crippen LogP contribution is 2.13. The lowest BCUT2D eigenvalue weighted by atomic mass is 10.2. The summed E-state index contributed by atoms with van der Waals surface area (Å²) in [5, 5.41) is 5.69. The lowest BCUT2D eigenvalue weighted by Crippen LogP contribution is -2.39. The van der Waals surface area contributed by atoms with Crippen LogP contribution in [0.3, 0.4) is 0 Å². The fourth-order valence-corrected chi connectivity index (χ4v) is 2.94. The van der Waals surface area contributed by atoms with Gasteiger partial charge in [0.05, 0.1) is 25.3 Å². The van der Waals surface area contributed by atoms with Gasteiger partial charge in [0, 0.05) is 11.4 Å². The first-order valence-corrected chi connectivity index (χ1v) is 10.1. The van der Waals surface area contributed by atoms with Crippen molar-refractivity contribution in [3.63, 3.8) is 0 Å². The summed E-state index contributed by atoms with van der Waals surface area (Å²) in [4.78, 5) is 38.4. The predicted octanol–water partition coefficient (Wildman–Crippen LogP) is 3.46. The second-order valence-electron chi connectivity index (χ2n) is 6.92. The number of nitrogens with one attached hydrogen (secondary N) is 2. The minimum absolute atomic E-state index is 0.0919. The van der Waals surface area contributed by atoms with Crippen LogP contribution in [-0.2, 0) is 14.3 Å². The van der Waals surface area contributed by atoms with Gasteiger partial charge in [0.15, 0.2) is 0 Å². The molecule has 0 radical (unpaired) electrons. The topological polar surface area (TPSA) is 87.7 Å². The zero-order chi connectivity index (χ0) is 21.9. The Bertz CT molecular complexity index is 865. The lowest BCUT2D eigenvalue weighted by molar-refractivity contribution is -0.120. The average molecular weight is 412 g/mol. The molecule has 2 aromatic carbocycles. The van der Waals surface area contributed by atoms with Gasteiger partial charge in [-0.15, -0.1) is 0 Å². The van der Waals surface area contributed by atoms with Gasteiger partial charge in [-0.25, -0.2) is 4.79 Å². The van der Waals surface area contributed by atoms with Crippen molar-refractivity contribution < 1.29 is 19.1 Å². The zero-order valence-corrected chi connectivity index (χ0v) is 17.7. The molecular weight excluding hydrogens is 382 g/mol. The van der Waals surface area contributed by atoms with Gasteiger partial charge in [-0.1, -0.05) is 25.1 Å². The van der Waals surface area contributed by atoms with Gasteiger partial charge in [0.2, 0.25) is 11.8 Å². The maximum absolute atomic E-state index is 12.4. The van der Waals surface area contributed by atoms with E-state index in [1.807, 2.05) is 38.1 Å². The van der Waals surface area contributed by atoms with E-state index in [2.05, 4.69) is 10.6 Å². The number of anilines is 2. The van der Waals surface area contributed by atoms with Crippen LogP contribution in [0, 0.1) is 6.92 Å². The molecule has 7 heteroatoms. The van der Waals surface area contributed by atoms with E-state index in [-0.39, 0.29) is 24.9 Å². The molecule has 0 fully saturated rings. The fraction of sp³-hybridized carbons (Fsp3) is 0.348. The molecule has 0 aliphatic carbocycles. The summed E-state index contributed by atoms with van der Waals surface area (Å²) in [6, 6.07) is 14.1. The Hall–Kier alpha value is -3.19. The molecule has 0 spiro atoms. The Kier molecular flexibility index (Phi) is 9.03. The molecule has 7 nitrogen and oxygen atoms in total. The summed E-state index contributed by atoms with van der Waals surface area (Å²) in [6.45, 7) is 6.82. The summed E-state index contributed by atoms with van der Waals surface area (Å²) in [7, 11) is 0. The van der Waals surface area contributed by atoms with Gasteiger partial charge >= 0.3 is 5.97 Å². The summed E-state index contributed by atoms with van der Waals surface area (Å²) in [5.41, 5.74) is 2.76. The number of carbonyl (C=O) groups is 3. The second-order valence-corrected chi connectivity index (χ2v) is 6.92. The predicted molar refractivity (Wildman–Crippen MR) is 118 cm³/mol. The number of carbonyl (C=O) groups excluding carboxylic acids is 3. The van der Waals surface area contributed by atoms with Crippen molar-refractivity contribution in [2.75, 3.05) is 36.9 Å². The molecule has 0 aliphatic rings. The quantitative estimate of drug-likeness (QED) is 0.585. The molecule has 30 heavy (non-hydrogen) atoms. The van der Waals surface area contributed by atoms with Crippen LogP contribution in [0.15, 0.2) is 48.5 Å². The monoisotopic (exact) mass is 411 g/mol. The molecule has 2 amide bonds. The van der Waals surface area contributed by atoms with Gasteiger partial charge in [0.25, 0.3) is 0 Å². The molecule has 0 aliphatic heterocycles. The van der Waals surface area contributed by atoms with E-state index in [4.69, 9.17) is 4.74 Å². The smallest absolute Gasteiger partial charge is 0.338 e. The molecule has 2 aromatic rings. The maximum atomic E-state index is 12.4. The van der Waals surface area contributed by atoms with Crippen LogP contribution in [0.4, 0.5) is 11.4 Å². The third-order valence-corrected chi connectivity index (χ3v) is 4.37. The summed E-state index contributed by atoms with van der Waals surface area (Å²) in [5.74, 6) is -0.787. The number of rotatable bonds is 10. The summed E-state index contributed by atoms with van der Waals surface area (Å²) >= 11 is 0. The average Bonchev–Trinajstić information content (AvgIpc) is 2.70. The number of esters is 1. The largest absolute Gasteiger partial charge is 0.462 e. The van der Waals surface area contributed by atoms with Crippen LogP contribution < -0.4 is 10.6 Å². The molecule has 0 atom stereocenters. The first kappa shape index (κ1) is 23.1. The lowest BCUT2D eigenvalue weighted by Gasteiger charge is -2.21. The standard InChI is InChI=1S/C23H29N3O4/c1-4-14-26(16-22(28)25-20-9-7-6-8-17(20)3)15-21(27)24-19-12-10-18(11-13-19)23(29)30-5-2/h6-13H,4-5,14-16H2,1-3H3,(H,24,27)(H,25,28). The minimum Gasteiger partial charge on any atom is -0.462 e. The molecule has 0 saturated heterocycles. The van der Waals surface area contributed by atoms with E-state index < -0.39 is 5.97 Å². The van der Waals surface area contributed by atoms with Crippen molar-refractivity contribution >= 4 is 29.2 Å². The normalized spacial score (nSPS) is 10.5. The fourth-order valence-electron chi connectivity index (χ4n) is 2.94. The van der Waals surface area contributed by atoms with E-state index in [0.29, 0.717) is 24.4 Å².